The van der Waals surface area contributed by atoms with Crippen LogP contribution in [0.2, 0.25) is 0 Å². The fraction of sp³-hybridized carbons (Fsp3) is 0.556. The van der Waals surface area contributed by atoms with E-state index in [0.717, 1.165) is 18.2 Å². The molecule has 0 fully saturated rings. The van der Waals surface area contributed by atoms with Crippen molar-refractivity contribution in [3.8, 4) is 0 Å². The highest BCUT2D eigenvalue weighted by Crippen LogP contribution is 2.05. The molecule has 0 N–H and O–H groups in total. The Morgan fingerprint density at radius 2 is 2.10 bits per heavy atom. The Bertz CT molecular complexity index is 134. The SMILES string of the molecule is C=C(C)CC/C=C(\C)CBr. The predicted molar refractivity (Wildman–Crippen MR) is 51.6 cm³/mol. The van der Waals surface area contributed by atoms with E-state index in [1.165, 1.54) is 11.1 Å². The molecule has 0 saturated carbocycles. The van der Waals surface area contributed by atoms with Crippen LogP contribution in [0, 0.1) is 0 Å². The van der Waals surface area contributed by atoms with Crippen LogP contribution in [0.25, 0.3) is 0 Å². The van der Waals surface area contributed by atoms with Gasteiger partial charge in [0.2, 0.25) is 0 Å². The van der Waals surface area contributed by atoms with E-state index in [1.807, 2.05) is 0 Å². The molecule has 0 aromatic heterocycles. The predicted octanol–water partition coefficient (Wildman–Crippen LogP) is 3.68. The minimum absolute atomic E-state index is 0.989. The minimum Gasteiger partial charge on any atom is -0.100 e. The Morgan fingerprint density at radius 1 is 1.50 bits per heavy atom. The monoisotopic (exact) mass is 202 g/mol. The minimum atomic E-state index is 0.989. The van der Waals surface area contributed by atoms with Crippen LogP contribution in [0.5, 0.6) is 0 Å². The highest BCUT2D eigenvalue weighted by atomic mass is 79.9. The number of rotatable bonds is 4. The normalized spacial score (nSPS) is 11.7. The third-order valence-electron chi connectivity index (χ3n) is 1.27. The first-order valence-corrected chi connectivity index (χ1v) is 4.65. The molecule has 0 unspecified atom stereocenters. The van der Waals surface area contributed by atoms with Gasteiger partial charge in [-0.15, -0.1) is 6.58 Å². The van der Waals surface area contributed by atoms with Gasteiger partial charge in [-0.1, -0.05) is 33.2 Å². The fourth-order valence-electron chi connectivity index (χ4n) is 0.620. The summed E-state index contributed by atoms with van der Waals surface area (Å²) in [6, 6.07) is 0. The van der Waals surface area contributed by atoms with Crippen molar-refractivity contribution in [3.63, 3.8) is 0 Å². The van der Waals surface area contributed by atoms with Crippen molar-refractivity contribution in [2.45, 2.75) is 26.7 Å². The summed E-state index contributed by atoms with van der Waals surface area (Å²) in [5.41, 5.74) is 2.67. The van der Waals surface area contributed by atoms with Gasteiger partial charge in [0.25, 0.3) is 0 Å². The van der Waals surface area contributed by atoms with Gasteiger partial charge in [-0.25, -0.2) is 0 Å². The Hall–Kier alpha value is -0.0400. The lowest BCUT2D eigenvalue weighted by Gasteiger charge is -1.95. The maximum atomic E-state index is 3.84. The summed E-state index contributed by atoms with van der Waals surface area (Å²) < 4.78 is 0. The van der Waals surface area contributed by atoms with E-state index in [-0.39, 0.29) is 0 Å². The van der Waals surface area contributed by atoms with Gasteiger partial charge in [0.15, 0.2) is 0 Å². The van der Waals surface area contributed by atoms with E-state index in [4.69, 9.17) is 0 Å². The van der Waals surface area contributed by atoms with Crippen LogP contribution in [0.1, 0.15) is 26.7 Å². The van der Waals surface area contributed by atoms with Crippen molar-refractivity contribution in [1.29, 1.82) is 0 Å². The van der Waals surface area contributed by atoms with Crippen molar-refractivity contribution in [3.05, 3.63) is 23.8 Å². The fourth-order valence-corrected chi connectivity index (χ4v) is 0.848. The molecule has 0 saturated heterocycles. The molecule has 0 spiro atoms. The second kappa shape index (κ2) is 5.72. The largest absolute Gasteiger partial charge is 0.100 e. The van der Waals surface area contributed by atoms with Crippen LogP contribution >= 0.6 is 15.9 Å². The van der Waals surface area contributed by atoms with Crippen LogP contribution in [-0.2, 0) is 0 Å². The average Bonchev–Trinajstić information content (AvgIpc) is 1.87. The first-order chi connectivity index (χ1) is 4.66. The van der Waals surface area contributed by atoms with E-state index in [2.05, 4.69) is 42.4 Å². The highest BCUT2D eigenvalue weighted by Gasteiger charge is 1.85. The molecule has 10 heavy (non-hydrogen) atoms. The first kappa shape index (κ1) is 9.96. The number of halogens is 1. The maximum Gasteiger partial charge on any atom is 0.0239 e. The van der Waals surface area contributed by atoms with Gasteiger partial charge in [0.1, 0.15) is 0 Å². The summed E-state index contributed by atoms with van der Waals surface area (Å²) in [4.78, 5) is 0. The molecule has 0 bridgehead atoms. The summed E-state index contributed by atoms with van der Waals surface area (Å²) >= 11 is 3.39. The molecule has 0 nitrogen and oxygen atoms in total. The molecule has 0 amide bonds. The average molecular weight is 203 g/mol. The summed E-state index contributed by atoms with van der Waals surface area (Å²) in [6.45, 7) is 8.04. The molecular weight excluding hydrogens is 188 g/mol. The van der Waals surface area contributed by atoms with Crippen LogP contribution in [0.3, 0.4) is 0 Å². The molecule has 0 rings (SSSR count). The highest BCUT2D eigenvalue weighted by molar-refractivity contribution is 9.09. The van der Waals surface area contributed by atoms with Gasteiger partial charge in [-0.05, 0) is 26.7 Å². The van der Waals surface area contributed by atoms with E-state index in [0.29, 0.717) is 0 Å². The van der Waals surface area contributed by atoms with Gasteiger partial charge in [0, 0.05) is 5.33 Å². The van der Waals surface area contributed by atoms with Gasteiger partial charge < -0.3 is 0 Å². The first-order valence-electron chi connectivity index (χ1n) is 3.52. The molecule has 0 aliphatic carbocycles. The quantitative estimate of drug-likeness (QED) is 0.483. The summed E-state index contributed by atoms with van der Waals surface area (Å²) in [6.07, 6.45) is 4.50. The lowest BCUT2D eigenvalue weighted by molar-refractivity contribution is 0.974. The standard InChI is InChI=1S/C9H15Br/c1-8(2)5-4-6-9(3)7-10/h6H,1,4-5,7H2,2-3H3/b9-6+. The number of allylic oxidation sites excluding steroid dienone is 3. The lowest BCUT2D eigenvalue weighted by Crippen LogP contribution is -1.77. The second-order valence-electron chi connectivity index (χ2n) is 2.68. The number of hydrogen-bond acceptors (Lipinski definition) is 0. The van der Waals surface area contributed by atoms with Gasteiger partial charge >= 0.3 is 0 Å². The zero-order chi connectivity index (χ0) is 7.98. The van der Waals surface area contributed by atoms with Gasteiger partial charge in [-0.3, -0.25) is 0 Å². The van der Waals surface area contributed by atoms with Crippen LogP contribution in [0.15, 0.2) is 23.8 Å². The molecule has 0 radical (unpaired) electrons. The zero-order valence-corrected chi connectivity index (χ0v) is 8.37. The van der Waals surface area contributed by atoms with E-state index in [1.54, 1.807) is 0 Å². The Kier molecular flexibility index (Phi) is 5.70. The van der Waals surface area contributed by atoms with E-state index >= 15 is 0 Å². The van der Waals surface area contributed by atoms with Crippen molar-refractivity contribution < 1.29 is 0 Å². The van der Waals surface area contributed by atoms with E-state index in [9.17, 15) is 0 Å². The van der Waals surface area contributed by atoms with Gasteiger partial charge in [-0.2, -0.15) is 0 Å². The molecule has 0 aliphatic heterocycles. The molecule has 58 valence electrons. The zero-order valence-electron chi connectivity index (χ0n) is 6.78. The van der Waals surface area contributed by atoms with E-state index < -0.39 is 0 Å². The van der Waals surface area contributed by atoms with Crippen molar-refractivity contribution in [1.82, 2.24) is 0 Å². The Balaban J connectivity index is 3.43. The van der Waals surface area contributed by atoms with Crippen molar-refractivity contribution >= 4 is 15.9 Å². The molecule has 0 atom stereocenters. The molecule has 1 heteroatoms. The van der Waals surface area contributed by atoms with Crippen LogP contribution in [-0.4, -0.2) is 5.33 Å². The molecule has 0 aromatic carbocycles. The smallest absolute Gasteiger partial charge is 0.0239 e. The summed E-state index contributed by atoms with van der Waals surface area (Å²) in [7, 11) is 0. The van der Waals surface area contributed by atoms with Crippen LogP contribution < -0.4 is 0 Å². The van der Waals surface area contributed by atoms with Crippen molar-refractivity contribution in [2.75, 3.05) is 5.33 Å². The Labute approximate surface area is 72.1 Å². The van der Waals surface area contributed by atoms with Crippen molar-refractivity contribution in [2.24, 2.45) is 0 Å². The molecule has 0 aromatic rings. The van der Waals surface area contributed by atoms with Gasteiger partial charge in [0.05, 0.1) is 0 Å². The summed E-state index contributed by atoms with van der Waals surface area (Å²) in [5.74, 6) is 0. The topological polar surface area (TPSA) is 0 Å². The van der Waals surface area contributed by atoms with Crippen LogP contribution in [0.4, 0.5) is 0 Å². The number of hydrogen-bond donors (Lipinski definition) is 0. The maximum absolute atomic E-state index is 3.84. The molecular formula is C9H15Br. The third-order valence-corrected chi connectivity index (χ3v) is 2.16. The molecule has 0 aliphatic rings. The number of alkyl halides is 1. The second-order valence-corrected chi connectivity index (χ2v) is 3.24. The summed E-state index contributed by atoms with van der Waals surface area (Å²) in [5, 5.41) is 0.989. The molecule has 0 heterocycles. The lowest BCUT2D eigenvalue weighted by atomic mass is 10.1. The third kappa shape index (κ3) is 6.09. The Morgan fingerprint density at radius 3 is 2.50 bits per heavy atom.